The summed E-state index contributed by atoms with van der Waals surface area (Å²) >= 11 is 0. The highest BCUT2D eigenvalue weighted by Gasteiger charge is 2.52. The van der Waals surface area contributed by atoms with Crippen molar-refractivity contribution in [3.05, 3.63) is 192 Å². The minimum atomic E-state index is -0.397. The molecule has 232 valence electrons. The molecule has 0 aliphatic heterocycles. The first kappa shape index (κ1) is 27.3. The average Bonchev–Trinajstić information content (AvgIpc) is 3.80. The van der Waals surface area contributed by atoms with Gasteiger partial charge in [-0.15, -0.1) is 0 Å². The van der Waals surface area contributed by atoms with Crippen molar-refractivity contribution in [2.75, 3.05) is 0 Å². The first-order valence-corrected chi connectivity index (χ1v) is 17.0. The molecule has 0 atom stereocenters. The Labute approximate surface area is 289 Å². The molecule has 0 saturated heterocycles. The van der Waals surface area contributed by atoms with Gasteiger partial charge in [-0.3, -0.25) is 9.97 Å². The number of benzene rings is 5. The molecule has 4 aromatic heterocycles. The molecule has 4 heteroatoms. The van der Waals surface area contributed by atoms with Crippen LogP contribution in [-0.2, 0) is 5.41 Å². The van der Waals surface area contributed by atoms with Crippen LogP contribution in [0.5, 0.6) is 0 Å². The van der Waals surface area contributed by atoms with Crippen LogP contribution in [0.25, 0.3) is 72.5 Å². The van der Waals surface area contributed by atoms with E-state index in [0.717, 1.165) is 39.5 Å². The lowest BCUT2D eigenvalue weighted by Gasteiger charge is -2.30. The summed E-state index contributed by atoms with van der Waals surface area (Å²) in [6.07, 6.45) is 3.64. The SMILES string of the molecule is c1ccc(-c2cc(-n3c4ccccc4c4c5c(ccc43)C3(c4ccccc4-c4ccccc43)c3ccccc3-5)cc(-c3ccccn3)n2)nc1. The number of rotatable bonds is 3. The van der Waals surface area contributed by atoms with E-state index in [1.807, 2.05) is 48.8 Å². The van der Waals surface area contributed by atoms with Crippen LogP contribution < -0.4 is 0 Å². The predicted octanol–water partition coefficient (Wildman–Crippen LogP) is 10.6. The zero-order valence-electron chi connectivity index (χ0n) is 27.0. The van der Waals surface area contributed by atoms with E-state index in [1.165, 1.54) is 55.3 Å². The molecule has 4 nitrogen and oxygen atoms in total. The molecule has 1 spiro atoms. The molecule has 2 aliphatic rings. The maximum Gasteiger partial charge on any atom is 0.0915 e. The Morgan fingerprint density at radius 1 is 0.420 bits per heavy atom. The van der Waals surface area contributed by atoms with Crippen LogP contribution in [0.15, 0.2) is 170 Å². The van der Waals surface area contributed by atoms with Crippen LogP contribution in [0, 0.1) is 0 Å². The molecule has 2 aliphatic carbocycles. The molecule has 5 aromatic carbocycles. The van der Waals surface area contributed by atoms with E-state index in [2.05, 4.69) is 136 Å². The average molecular weight is 637 g/mol. The highest BCUT2D eigenvalue weighted by Crippen LogP contribution is 2.64. The smallest absolute Gasteiger partial charge is 0.0915 e. The monoisotopic (exact) mass is 636 g/mol. The molecule has 9 aromatic rings. The van der Waals surface area contributed by atoms with E-state index in [1.54, 1.807) is 0 Å². The Morgan fingerprint density at radius 3 is 1.58 bits per heavy atom. The summed E-state index contributed by atoms with van der Waals surface area (Å²) in [6.45, 7) is 0. The van der Waals surface area contributed by atoms with Gasteiger partial charge in [0, 0.05) is 23.2 Å². The van der Waals surface area contributed by atoms with Gasteiger partial charge < -0.3 is 4.57 Å². The quantitative estimate of drug-likeness (QED) is 0.194. The number of pyridine rings is 3. The third-order valence-electron chi connectivity index (χ3n) is 10.7. The Kier molecular flexibility index (Phi) is 5.56. The summed E-state index contributed by atoms with van der Waals surface area (Å²) in [5.41, 5.74) is 16.8. The van der Waals surface area contributed by atoms with E-state index in [-0.39, 0.29) is 0 Å². The second kappa shape index (κ2) is 10.2. The molecule has 11 rings (SSSR count). The van der Waals surface area contributed by atoms with Gasteiger partial charge in [0.05, 0.1) is 44.9 Å². The Bertz CT molecular complexity index is 2710. The number of hydrogen-bond donors (Lipinski definition) is 0. The second-order valence-corrected chi connectivity index (χ2v) is 13.1. The van der Waals surface area contributed by atoms with Gasteiger partial charge in [-0.25, -0.2) is 4.98 Å². The van der Waals surface area contributed by atoms with Crippen molar-refractivity contribution in [2.45, 2.75) is 5.41 Å². The van der Waals surface area contributed by atoms with Crippen LogP contribution in [0.3, 0.4) is 0 Å². The van der Waals surface area contributed by atoms with E-state index >= 15 is 0 Å². The third kappa shape index (κ3) is 3.52. The van der Waals surface area contributed by atoms with Crippen LogP contribution in [0.4, 0.5) is 0 Å². The van der Waals surface area contributed by atoms with E-state index < -0.39 is 5.41 Å². The standard InChI is InChI=1S/C46H28N4/c1-5-17-34-30(13-1)31-14-2-6-18-35(31)46(34)36-19-7-3-15-32(36)44-37(46)23-24-43-45(44)33-16-4-8-22-42(33)50(43)29-27-40(38-20-9-11-25-47-38)49-41(28-29)39-21-10-12-26-48-39/h1-28H. The molecule has 0 N–H and O–H groups in total. The van der Waals surface area contributed by atoms with Gasteiger partial charge in [0.15, 0.2) is 0 Å². The van der Waals surface area contributed by atoms with Crippen molar-refractivity contribution in [3.63, 3.8) is 0 Å². The molecule has 0 saturated carbocycles. The molecule has 4 heterocycles. The van der Waals surface area contributed by atoms with Crippen LogP contribution in [-0.4, -0.2) is 19.5 Å². The van der Waals surface area contributed by atoms with E-state index in [4.69, 9.17) is 4.98 Å². The van der Waals surface area contributed by atoms with Gasteiger partial charge in [0.2, 0.25) is 0 Å². The molecule has 50 heavy (non-hydrogen) atoms. The van der Waals surface area contributed by atoms with Crippen LogP contribution >= 0.6 is 0 Å². The number of fused-ring (bicyclic) bond motifs is 14. The number of hydrogen-bond acceptors (Lipinski definition) is 3. The van der Waals surface area contributed by atoms with Crippen molar-refractivity contribution in [2.24, 2.45) is 0 Å². The zero-order valence-corrected chi connectivity index (χ0v) is 27.0. The minimum Gasteiger partial charge on any atom is -0.309 e. The third-order valence-corrected chi connectivity index (χ3v) is 10.7. The fourth-order valence-corrected chi connectivity index (χ4v) is 8.86. The summed E-state index contributed by atoms with van der Waals surface area (Å²) in [5, 5.41) is 2.49. The normalized spacial score (nSPS) is 13.4. The predicted molar refractivity (Wildman–Crippen MR) is 201 cm³/mol. The lowest BCUT2D eigenvalue weighted by Crippen LogP contribution is -2.25. The summed E-state index contributed by atoms with van der Waals surface area (Å²) in [7, 11) is 0. The van der Waals surface area contributed by atoms with Gasteiger partial charge in [0.1, 0.15) is 0 Å². The van der Waals surface area contributed by atoms with Crippen LogP contribution in [0.1, 0.15) is 22.3 Å². The first-order valence-electron chi connectivity index (χ1n) is 17.0. The topological polar surface area (TPSA) is 43.6 Å². The lowest BCUT2D eigenvalue weighted by atomic mass is 9.70. The second-order valence-electron chi connectivity index (χ2n) is 13.1. The molecule has 0 bridgehead atoms. The minimum absolute atomic E-state index is 0.397. The zero-order chi connectivity index (χ0) is 32.8. The fourth-order valence-electron chi connectivity index (χ4n) is 8.86. The van der Waals surface area contributed by atoms with Crippen LogP contribution in [0.2, 0.25) is 0 Å². The first-order chi connectivity index (χ1) is 24.8. The van der Waals surface area contributed by atoms with Gasteiger partial charge in [0.25, 0.3) is 0 Å². The Morgan fingerprint density at radius 2 is 0.960 bits per heavy atom. The summed E-state index contributed by atoms with van der Waals surface area (Å²) < 4.78 is 2.40. The van der Waals surface area contributed by atoms with Crippen molar-refractivity contribution < 1.29 is 0 Å². The van der Waals surface area contributed by atoms with Crippen molar-refractivity contribution in [1.29, 1.82) is 0 Å². The highest BCUT2D eigenvalue weighted by atomic mass is 15.0. The highest BCUT2D eigenvalue weighted by molar-refractivity contribution is 6.19. The van der Waals surface area contributed by atoms with Crippen molar-refractivity contribution in [3.8, 4) is 50.7 Å². The fraction of sp³-hybridized carbons (Fsp3) is 0.0217. The molecular formula is C46H28N4. The van der Waals surface area contributed by atoms with Crippen molar-refractivity contribution in [1.82, 2.24) is 19.5 Å². The molecule has 0 radical (unpaired) electrons. The van der Waals surface area contributed by atoms with Gasteiger partial charge >= 0.3 is 0 Å². The van der Waals surface area contributed by atoms with Gasteiger partial charge in [-0.05, 0) is 93.0 Å². The van der Waals surface area contributed by atoms with Gasteiger partial charge in [-0.2, -0.15) is 0 Å². The van der Waals surface area contributed by atoms with Crippen molar-refractivity contribution >= 4 is 21.8 Å². The summed E-state index contributed by atoms with van der Waals surface area (Å²) in [6, 6.07) is 56.8. The molecular weight excluding hydrogens is 609 g/mol. The summed E-state index contributed by atoms with van der Waals surface area (Å²) in [4.78, 5) is 14.5. The molecule has 0 unspecified atom stereocenters. The largest absolute Gasteiger partial charge is 0.309 e. The lowest BCUT2D eigenvalue weighted by molar-refractivity contribution is 0.794. The maximum atomic E-state index is 5.08. The number of para-hydroxylation sites is 1. The summed E-state index contributed by atoms with van der Waals surface area (Å²) in [5.74, 6) is 0. The molecule has 0 fully saturated rings. The number of aromatic nitrogens is 4. The Hall–Kier alpha value is -6.65. The molecule has 0 amide bonds. The van der Waals surface area contributed by atoms with E-state index in [9.17, 15) is 0 Å². The van der Waals surface area contributed by atoms with E-state index in [0.29, 0.717) is 0 Å². The Balaban J connectivity index is 1.26. The number of nitrogens with zero attached hydrogens (tertiary/aromatic N) is 4. The maximum absolute atomic E-state index is 5.08. The van der Waals surface area contributed by atoms with Gasteiger partial charge in [-0.1, -0.05) is 109 Å².